The van der Waals surface area contributed by atoms with Crippen LogP contribution in [-0.2, 0) is 82.7 Å². The quantitative estimate of drug-likeness (QED) is 0.0389. The summed E-state index contributed by atoms with van der Waals surface area (Å²) in [6, 6.07) is 5.06. The molecule has 374 valence electrons. The van der Waals surface area contributed by atoms with Crippen LogP contribution >= 0.6 is 0 Å². The third kappa shape index (κ3) is 19.6. The number of nitrogens with zero attached hydrogens (tertiary/aromatic N) is 4. The van der Waals surface area contributed by atoms with Crippen LogP contribution in [0.2, 0.25) is 0 Å². The molecule has 0 fully saturated rings. The van der Waals surface area contributed by atoms with Gasteiger partial charge in [-0.25, -0.2) is 35.2 Å². The largest absolute Gasteiger partial charge is 2.00 e. The minimum Gasteiger partial charge on any atom is -0.748 e. The molecule has 2 aliphatic heterocycles. The van der Waals surface area contributed by atoms with Crippen molar-refractivity contribution in [1.82, 2.24) is 30.6 Å². The van der Waals surface area contributed by atoms with Crippen LogP contribution in [0.5, 0.6) is 0 Å². The first-order chi connectivity index (χ1) is 31.3. The zero-order chi connectivity index (χ0) is 49.6. The maximum atomic E-state index is 14.2. The Morgan fingerprint density at radius 2 is 1.38 bits per heavy atom. The summed E-state index contributed by atoms with van der Waals surface area (Å²) < 4.78 is 107. The zero-order valence-electron chi connectivity index (χ0n) is 41.6. The van der Waals surface area contributed by atoms with Crippen LogP contribution in [0.4, 0.5) is 0 Å². The van der Waals surface area contributed by atoms with Gasteiger partial charge >= 0.3 is 181 Å². The normalized spacial score (nSPS) is 13.0. The zero-order valence-corrected chi connectivity index (χ0v) is 55.0. The van der Waals surface area contributed by atoms with Gasteiger partial charge in [0.25, 0.3) is 0 Å². The first kappa shape index (κ1) is 69.3. The van der Waals surface area contributed by atoms with E-state index in [-0.39, 0.29) is 255 Å². The molecular weight excluding hydrogens is 1150 g/mol. The van der Waals surface area contributed by atoms with Crippen molar-refractivity contribution in [1.29, 1.82) is 0 Å². The van der Waals surface area contributed by atoms with Gasteiger partial charge in [0.2, 0.25) is 5.91 Å². The molecule has 8 bridgehead atoms. The van der Waals surface area contributed by atoms with Gasteiger partial charge in [-0.1, -0.05) is 30.5 Å². The molecule has 20 nitrogen and oxygen atoms in total. The number of nitrogens with one attached hydrogen (secondary N) is 3. The van der Waals surface area contributed by atoms with Crippen LogP contribution in [0.15, 0.2) is 18.2 Å². The summed E-state index contributed by atoms with van der Waals surface area (Å²) in [4.78, 5) is 59.4. The molecule has 5 heterocycles. The van der Waals surface area contributed by atoms with E-state index >= 15 is 0 Å². The molecule has 0 spiro atoms. The van der Waals surface area contributed by atoms with Crippen molar-refractivity contribution in [2.75, 3.05) is 44.0 Å². The maximum absolute atomic E-state index is 14.2. The van der Waals surface area contributed by atoms with Crippen LogP contribution in [0.3, 0.4) is 0 Å². The van der Waals surface area contributed by atoms with Crippen molar-refractivity contribution < 1.29 is 233 Å². The number of hydrogen-bond acceptors (Lipinski definition) is 16. The van der Waals surface area contributed by atoms with Gasteiger partial charge in [-0.2, -0.15) is 0 Å². The SMILES string of the molecule is CCC1=C(C)c2cc3[nH]c(cc4[n-]c(c(CC(=O)OC)c5nc(cc1n2)C(C)=C5C(=O)[N-]CCCS(=O)(=O)[O-])c(CCC(=O)NCCCS(=O)(=O)[O-])c4C)c(C)c3C(C)NCCCS(=O)(=O)[O-].[K+].[K+].[K+].[Pd+2]. The smallest absolute Gasteiger partial charge is 0.748 e. The molecule has 27 heteroatoms. The molecule has 0 saturated heterocycles. The second-order valence-corrected chi connectivity index (χ2v) is 20.9. The van der Waals surface area contributed by atoms with Gasteiger partial charge in [0.1, 0.15) is 0 Å². The molecule has 1 atom stereocenters. The van der Waals surface area contributed by atoms with Crippen molar-refractivity contribution in [3.63, 3.8) is 0 Å². The number of rotatable bonds is 21. The second kappa shape index (κ2) is 30.4. The van der Waals surface area contributed by atoms with Crippen LogP contribution in [0.25, 0.3) is 49.7 Å². The Hall–Kier alpha value is 0.271. The molecule has 0 aliphatic carbocycles. The van der Waals surface area contributed by atoms with Crippen molar-refractivity contribution >= 4 is 92.5 Å². The fourth-order valence-corrected chi connectivity index (χ4v) is 9.64. The molecule has 1 unspecified atom stereocenters. The molecule has 71 heavy (non-hydrogen) atoms. The van der Waals surface area contributed by atoms with Crippen LogP contribution in [-0.4, -0.2) is 116 Å². The van der Waals surface area contributed by atoms with E-state index in [1.807, 2.05) is 33.8 Å². The number of allylic oxidation sites excluding steroid dienone is 3. The van der Waals surface area contributed by atoms with E-state index in [0.29, 0.717) is 56.8 Å². The van der Waals surface area contributed by atoms with Crippen molar-refractivity contribution in [3.8, 4) is 0 Å². The summed E-state index contributed by atoms with van der Waals surface area (Å²) in [5, 5.41) is 10.1. The number of amides is 2. The molecule has 3 aromatic heterocycles. The molecule has 0 aromatic carbocycles. The minimum absolute atomic E-state index is 0. The van der Waals surface area contributed by atoms with Crippen molar-refractivity contribution in [3.05, 3.63) is 74.1 Å². The summed E-state index contributed by atoms with van der Waals surface area (Å²) in [6.45, 7) is 11.0. The van der Waals surface area contributed by atoms with Gasteiger partial charge in [-0.15, -0.1) is 17.6 Å². The molecular formula is C44H54K3N7O13PdS3. The number of H-pyrrole nitrogens is 1. The first-order valence-electron chi connectivity index (χ1n) is 21.5. The molecule has 0 saturated carbocycles. The Bertz CT molecular complexity index is 3050. The Morgan fingerprint density at radius 1 is 0.789 bits per heavy atom. The third-order valence-corrected chi connectivity index (χ3v) is 14.0. The Kier molecular flexibility index (Phi) is 29.7. The molecule has 0 radical (unpaired) electrons. The fourth-order valence-electron chi connectivity index (χ4n) is 8.16. The van der Waals surface area contributed by atoms with E-state index < -0.39 is 71.8 Å². The van der Waals surface area contributed by atoms with Crippen LogP contribution in [0.1, 0.15) is 116 Å². The summed E-state index contributed by atoms with van der Waals surface area (Å²) in [5.74, 6) is -3.92. The minimum atomic E-state index is -4.59. The summed E-state index contributed by atoms with van der Waals surface area (Å²) in [6.07, 6.45) is -0.246. The average molecular weight is 1210 g/mol. The molecule has 3 aromatic rings. The van der Waals surface area contributed by atoms with Gasteiger partial charge in [-0.05, 0) is 112 Å². The van der Waals surface area contributed by atoms with E-state index in [0.717, 1.165) is 22.3 Å². The summed E-state index contributed by atoms with van der Waals surface area (Å²) >= 11 is 0. The van der Waals surface area contributed by atoms with Crippen LogP contribution in [0, 0.1) is 13.8 Å². The number of carbonyl (C=O) groups is 3. The molecule has 3 N–H and O–H groups in total. The summed E-state index contributed by atoms with van der Waals surface area (Å²) in [7, 11) is -12.3. The number of carbonyl (C=O) groups excluding carboxylic acids is 3. The number of aryl methyl sites for hydroxylation is 3. The van der Waals surface area contributed by atoms with Gasteiger partial charge < -0.3 is 49.1 Å². The number of fused-ring (bicyclic) bond motifs is 8. The Morgan fingerprint density at radius 3 is 1.97 bits per heavy atom. The molecule has 2 amide bonds. The molecule has 5 rings (SSSR count). The fraction of sp³-hybridized carbons (Fsp3) is 0.477. The standard InChI is InChI=1S/C44H59N7O13S3.3K.Pd/c1-8-29-24(2)32-23-37-40(28(6)45-14-9-17-65(55,56)57)26(4)34(49-37)21-33-25(3)30(12-13-38(52)46-15-10-18-66(58,59)60)42(50-33)31(20-39(53)64-7)43-41(27(5)35(51-43)22-36(29)48-32)44(54)47-16-11-19-67(61,62)63;;;;/h21-23,28,45H,8-20H2,1-7H3,(H7,46,47,48,49,50,51,52,54,55,56,57,58,59,60,61,62,63);;;;/q;3*+1;+2/p-5. The van der Waals surface area contributed by atoms with E-state index in [2.05, 4.69) is 20.9 Å². The Labute approximate surface area is 556 Å². The number of ether oxygens (including phenoxy) is 1. The van der Waals surface area contributed by atoms with Crippen molar-refractivity contribution in [2.24, 2.45) is 0 Å². The number of aromatic nitrogens is 4. The number of methoxy groups -OCH3 is 1. The van der Waals surface area contributed by atoms with E-state index in [1.54, 1.807) is 26.0 Å². The predicted molar refractivity (Wildman–Crippen MR) is 249 cm³/mol. The van der Waals surface area contributed by atoms with E-state index in [9.17, 15) is 53.3 Å². The number of esters is 1. The predicted octanol–water partition coefficient (Wildman–Crippen LogP) is -5.04. The third-order valence-electron chi connectivity index (χ3n) is 11.6. The maximum Gasteiger partial charge on any atom is 2.00 e. The van der Waals surface area contributed by atoms with Gasteiger partial charge in [-0.3, -0.25) is 9.59 Å². The topological polar surface area (TPSA) is 326 Å². The monoisotopic (exact) mass is 1210 g/mol. The summed E-state index contributed by atoms with van der Waals surface area (Å²) in [5.41, 5.74) is 8.36. The van der Waals surface area contributed by atoms with E-state index in [1.165, 1.54) is 7.11 Å². The van der Waals surface area contributed by atoms with Gasteiger partial charge in [0.15, 0.2) is 0 Å². The average Bonchev–Trinajstić information content (AvgIpc) is 3.92. The van der Waals surface area contributed by atoms with Crippen molar-refractivity contribution in [2.45, 2.75) is 92.5 Å². The molecule has 2 aliphatic rings. The van der Waals surface area contributed by atoms with Crippen LogP contribution < -0.4 is 170 Å². The second-order valence-electron chi connectivity index (χ2n) is 16.3. The van der Waals surface area contributed by atoms with Gasteiger partial charge in [0, 0.05) is 52.9 Å². The number of hydrogen-bond donors (Lipinski definition) is 3. The van der Waals surface area contributed by atoms with Gasteiger partial charge in [0.05, 0.1) is 72.6 Å². The van der Waals surface area contributed by atoms with E-state index in [4.69, 9.17) is 19.7 Å². The number of aromatic amines is 1. The first-order valence-corrected chi connectivity index (χ1v) is 26.3. The Balaban J connectivity index is 0.00000630.